The van der Waals surface area contributed by atoms with Crippen LogP contribution in [0.4, 0.5) is 5.69 Å². The van der Waals surface area contributed by atoms with Gasteiger partial charge in [0.2, 0.25) is 11.8 Å². The van der Waals surface area contributed by atoms with Crippen LogP contribution in [0.3, 0.4) is 0 Å². The quantitative estimate of drug-likeness (QED) is 0.858. The average Bonchev–Trinajstić information content (AvgIpc) is 3.22. The molecule has 2 fully saturated rings. The van der Waals surface area contributed by atoms with Crippen molar-refractivity contribution in [2.24, 2.45) is 5.92 Å². The van der Waals surface area contributed by atoms with Crippen LogP contribution in [0.2, 0.25) is 5.02 Å². The maximum Gasteiger partial charge on any atom is 0.249 e. The van der Waals surface area contributed by atoms with Crippen molar-refractivity contribution in [1.29, 1.82) is 0 Å². The summed E-state index contributed by atoms with van der Waals surface area (Å²) in [6.07, 6.45) is 2.58. The van der Waals surface area contributed by atoms with E-state index in [1.165, 1.54) is 0 Å². The van der Waals surface area contributed by atoms with E-state index in [1.807, 2.05) is 18.2 Å². The molecule has 2 amide bonds. The van der Waals surface area contributed by atoms with Crippen LogP contribution in [0.1, 0.15) is 19.3 Å². The summed E-state index contributed by atoms with van der Waals surface area (Å²) in [6.45, 7) is 0.607. The van der Waals surface area contributed by atoms with E-state index in [1.54, 1.807) is 22.9 Å². The molecule has 1 aromatic rings. The first-order valence-corrected chi connectivity index (χ1v) is 7.30. The van der Waals surface area contributed by atoms with Crippen molar-refractivity contribution in [1.82, 2.24) is 4.90 Å². The number of anilines is 1. The molecule has 2 aliphatic rings. The minimum absolute atomic E-state index is 0.0328. The maximum atomic E-state index is 12.5. The lowest BCUT2D eigenvalue weighted by atomic mass is 10.2. The number of likely N-dealkylation sites (N-methyl/N-ethyl adjacent to an activating group) is 1. The molecule has 1 atom stereocenters. The van der Waals surface area contributed by atoms with Crippen LogP contribution in [0.25, 0.3) is 0 Å². The third-order valence-corrected chi connectivity index (χ3v) is 4.38. The molecule has 1 aliphatic heterocycles. The molecule has 4 nitrogen and oxygen atoms in total. The van der Waals surface area contributed by atoms with Crippen LogP contribution in [0, 0.1) is 5.92 Å². The maximum absolute atomic E-state index is 12.5. The summed E-state index contributed by atoms with van der Waals surface area (Å²) in [5.41, 5.74) is 0.730. The van der Waals surface area contributed by atoms with Crippen molar-refractivity contribution >= 4 is 29.1 Å². The molecule has 3 rings (SSSR count). The van der Waals surface area contributed by atoms with Crippen LogP contribution in [-0.2, 0) is 9.59 Å². The molecule has 20 heavy (non-hydrogen) atoms. The van der Waals surface area contributed by atoms with Gasteiger partial charge in [-0.05, 0) is 31.4 Å². The standard InChI is InChI=1S/C15H17ClN2O2/c1-17(14(19)10-6-7-10)13-8-9-18(15(13)20)12-5-3-2-4-11(12)16/h2-5,10,13H,6-9H2,1H3/t13-/m0/s1. The van der Waals surface area contributed by atoms with Crippen molar-refractivity contribution in [3.63, 3.8) is 0 Å². The zero-order chi connectivity index (χ0) is 14.3. The topological polar surface area (TPSA) is 40.6 Å². The van der Waals surface area contributed by atoms with Crippen molar-refractivity contribution in [2.75, 3.05) is 18.5 Å². The van der Waals surface area contributed by atoms with Gasteiger partial charge in [-0.2, -0.15) is 0 Å². The second-order valence-corrected chi connectivity index (χ2v) is 5.88. The SMILES string of the molecule is CN(C(=O)C1CC1)[C@H]1CCN(c2ccccc2Cl)C1=O. The molecule has 0 unspecified atom stereocenters. The van der Waals surface area contributed by atoms with Gasteiger partial charge >= 0.3 is 0 Å². The Kier molecular flexibility index (Phi) is 3.42. The molecule has 1 aromatic carbocycles. The molecule has 1 saturated heterocycles. The van der Waals surface area contributed by atoms with Gasteiger partial charge < -0.3 is 9.80 Å². The van der Waals surface area contributed by atoms with Crippen LogP contribution < -0.4 is 4.90 Å². The van der Waals surface area contributed by atoms with Gasteiger partial charge in [0.05, 0.1) is 10.7 Å². The molecule has 1 saturated carbocycles. The lowest BCUT2D eigenvalue weighted by Crippen LogP contribution is -2.43. The highest BCUT2D eigenvalue weighted by Crippen LogP contribution is 2.34. The number of rotatable bonds is 3. The Morgan fingerprint density at radius 3 is 2.65 bits per heavy atom. The molecular weight excluding hydrogens is 276 g/mol. The van der Waals surface area contributed by atoms with Crippen molar-refractivity contribution in [2.45, 2.75) is 25.3 Å². The van der Waals surface area contributed by atoms with Gasteiger partial charge in [0.25, 0.3) is 0 Å². The number of hydrogen-bond donors (Lipinski definition) is 0. The second kappa shape index (κ2) is 5.09. The highest BCUT2D eigenvalue weighted by Gasteiger charge is 2.41. The summed E-state index contributed by atoms with van der Waals surface area (Å²) in [6, 6.07) is 6.97. The second-order valence-electron chi connectivity index (χ2n) is 5.47. The number of halogens is 1. The van der Waals surface area contributed by atoms with Crippen molar-refractivity contribution in [3.05, 3.63) is 29.3 Å². The average molecular weight is 293 g/mol. The van der Waals surface area contributed by atoms with E-state index in [-0.39, 0.29) is 23.8 Å². The van der Waals surface area contributed by atoms with Gasteiger partial charge in [-0.15, -0.1) is 0 Å². The number of benzene rings is 1. The van der Waals surface area contributed by atoms with E-state index in [2.05, 4.69) is 0 Å². The number of amides is 2. The summed E-state index contributed by atoms with van der Waals surface area (Å²) in [5.74, 6) is 0.209. The van der Waals surface area contributed by atoms with E-state index >= 15 is 0 Å². The monoisotopic (exact) mass is 292 g/mol. The van der Waals surface area contributed by atoms with E-state index in [9.17, 15) is 9.59 Å². The Morgan fingerprint density at radius 1 is 1.30 bits per heavy atom. The third kappa shape index (κ3) is 2.29. The van der Waals surface area contributed by atoms with E-state index in [4.69, 9.17) is 11.6 Å². The molecule has 0 spiro atoms. The van der Waals surface area contributed by atoms with Crippen LogP contribution in [0.5, 0.6) is 0 Å². The van der Waals surface area contributed by atoms with Crippen molar-refractivity contribution in [3.8, 4) is 0 Å². The predicted molar refractivity (Wildman–Crippen MR) is 77.7 cm³/mol. The summed E-state index contributed by atoms with van der Waals surface area (Å²) in [7, 11) is 1.74. The zero-order valence-corrected chi connectivity index (χ0v) is 12.1. The smallest absolute Gasteiger partial charge is 0.249 e. The first-order valence-electron chi connectivity index (χ1n) is 6.92. The number of carbonyl (C=O) groups excluding carboxylic acids is 2. The lowest BCUT2D eigenvalue weighted by molar-refractivity contribution is -0.137. The third-order valence-electron chi connectivity index (χ3n) is 4.06. The number of hydrogen-bond acceptors (Lipinski definition) is 2. The Hall–Kier alpha value is -1.55. The Morgan fingerprint density at radius 2 is 2.00 bits per heavy atom. The summed E-state index contributed by atoms with van der Waals surface area (Å²) in [5, 5.41) is 0.567. The fourth-order valence-electron chi connectivity index (χ4n) is 2.71. The minimum atomic E-state index is -0.348. The van der Waals surface area contributed by atoms with Crippen molar-refractivity contribution < 1.29 is 9.59 Å². The molecule has 5 heteroatoms. The summed E-state index contributed by atoms with van der Waals surface area (Å²) >= 11 is 6.15. The van der Waals surface area contributed by atoms with Crippen LogP contribution in [-0.4, -0.2) is 36.3 Å². The number of carbonyl (C=O) groups is 2. The molecule has 0 bridgehead atoms. The van der Waals surface area contributed by atoms with E-state index in [0.29, 0.717) is 18.0 Å². The highest BCUT2D eigenvalue weighted by atomic mass is 35.5. The fourth-order valence-corrected chi connectivity index (χ4v) is 2.94. The highest BCUT2D eigenvalue weighted by molar-refractivity contribution is 6.34. The molecule has 0 aromatic heterocycles. The number of nitrogens with zero attached hydrogens (tertiary/aromatic N) is 2. The van der Waals surface area contributed by atoms with E-state index < -0.39 is 0 Å². The van der Waals surface area contributed by atoms with Gasteiger partial charge in [-0.25, -0.2) is 0 Å². The Bertz CT molecular complexity index is 557. The van der Waals surface area contributed by atoms with Gasteiger partial charge in [-0.1, -0.05) is 23.7 Å². The van der Waals surface area contributed by atoms with Gasteiger partial charge in [0.1, 0.15) is 6.04 Å². The Balaban J connectivity index is 1.77. The minimum Gasteiger partial charge on any atom is -0.333 e. The first-order chi connectivity index (χ1) is 9.59. The summed E-state index contributed by atoms with van der Waals surface area (Å²) in [4.78, 5) is 27.9. The molecule has 0 N–H and O–H groups in total. The van der Waals surface area contributed by atoms with Gasteiger partial charge in [0, 0.05) is 19.5 Å². The number of para-hydroxylation sites is 1. The fraction of sp³-hybridized carbons (Fsp3) is 0.467. The summed E-state index contributed by atoms with van der Waals surface area (Å²) < 4.78 is 0. The molecule has 0 radical (unpaired) electrons. The molecule has 1 aliphatic carbocycles. The largest absolute Gasteiger partial charge is 0.333 e. The Labute approximate surface area is 123 Å². The first kappa shape index (κ1) is 13.4. The molecular formula is C15H17ClN2O2. The van der Waals surface area contributed by atoms with Crippen LogP contribution >= 0.6 is 11.6 Å². The van der Waals surface area contributed by atoms with Gasteiger partial charge in [-0.3, -0.25) is 9.59 Å². The van der Waals surface area contributed by atoms with Gasteiger partial charge in [0.15, 0.2) is 0 Å². The predicted octanol–water partition coefficient (Wildman–Crippen LogP) is 2.31. The normalized spacial score (nSPS) is 22.2. The molecule has 1 heterocycles. The molecule has 106 valence electrons. The zero-order valence-electron chi connectivity index (χ0n) is 11.4. The van der Waals surface area contributed by atoms with Crippen LogP contribution in [0.15, 0.2) is 24.3 Å². The van der Waals surface area contributed by atoms with E-state index in [0.717, 1.165) is 18.5 Å². The lowest BCUT2D eigenvalue weighted by Gasteiger charge is -2.24.